The maximum atomic E-state index is 13.7. The summed E-state index contributed by atoms with van der Waals surface area (Å²) in [4.78, 5) is 8.39. The van der Waals surface area contributed by atoms with E-state index in [1.54, 1.807) is 13.0 Å². The van der Waals surface area contributed by atoms with Crippen LogP contribution in [0.3, 0.4) is 0 Å². The summed E-state index contributed by atoms with van der Waals surface area (Å²) in [7, 11) is 0. The molecule has 1 aliphatic rings. The van der Waals surface area contributed by atoms with Gasteiger partial charge in [0.05, 0.1) is 29.7 Å². The van der Waals surface area contributed by atoms with Gasteiger partial charge in [0.15, 0.2) is 23.3 Å². The molecule has 0 spiro atoms. The van der Waals surface area contributed by atoms with E-state index < -0.39 is 54.5 Å². The Balaban J connectivity index is 1.54. The Morgan fingerprint density at radius 2 is 1.81 bits per heavy atom. The molecule has 0 radical (unpaired) electrons. The molecule has 0 amide bonds. The van der Waals surface area contributed by atoms with Gasteiger partial charge in [-0.2, -0.15) is 5.10 Å². The number of aromatic nitrogens is 7. The molecule has 5 atom stereocenters. The van der Waals surface area contributed by atoms with Gasteiger partial charge in [0.1, 0.15) is 42.0 Å². The maximum Gasteiger partial charge on any atom is 0.194 e. The van der Waals surface area contributed by atoms with E-state index >= 15 is 0 Å². The van der Waals surface area contributed by atoms with Gasteiger partial charge in [-0.05, 0) is 25.1 Å². The zero-order valence-corrected chi connectivity index (χ0v) is 19.7. The second kappa shape index (κ2) is 9.79. The lowest BCUT2D eigenvalue weighted by Gasteiger charge is -2.41. The fourth-order valence-corrected chi connectivity index (χ4v) is 4.38. The first kappa shape index (κ1) is 25.2. The minimum absolute atomic E-state index is 0.0511. The maximum absolute atomic E-state index is 13.7. The van der Waals surface area contributed by atoms with E-state index in [4.69, 9.17) is 16.3 Å². The molecule has 0 unspecified atom stereocenters. The van der Waals surface area contributed by atoms with Crippen molar-refractivity contribution in [3.8, 4) is 16.9 Å². The zero-order valence-electron chi connectivity index (χ0n) is 19.0. The lowest BCUT2D eigenvalue weighted by atomic mass is 9.92. The summed E-state index contributed by atoms with van der Waals surface area (Å²) in [5.41, 5.74) is 0.258. The molecule has 0 bridgehead atoms. The van der Waals surface area contributed by atoms with Gasteiger partial charge in [-0.1, -0.05) is 16.8 Å². The molecule has 5 rings (SSSR count). The monoisotopic (exact) mass is 537 g/mol. The SMILES string of the molecule is Cc1nc([C@@H]2O[C@H](CO)[C@H](O)[C@H](n3cc(-c4cc(F)c(F)c(F)c4)nn3)[C@H]2O)n(-c2cncc(Cl)c2)n1. The molecule has 0 aliphatic carbocycles. The second-order valence-electron chi connectivity index (χ2n) is 8.38. The first-order valence-electron chi connectivity index (χ1n) is 10.9. The van der Waals surface area contributed by atoms with Crippen LogP contribution in [0.15, 0.2) is 36.8 Å². The molecule has 4 heterocycles. The van der Waals surface area contributed by atoms with Gasteiger partial charge in [0.25, 0.3) is 0 Å². The fraction of sp³-hybridized carbons (Fsp3) is 0.318. The second-order valence-corrected chi connectivity index (χ2v) is 8.81. The van der Waals surface area contributed by atoms with Crippen LogP contribution < -0.4 is 0 Å². The van der Waals surface area contributed by atoms with Crippen LogP contribution in [0.25, 0.3) is 16.9 Å². The average Bonchev–Trinajstić information content (AvgIpc) is 3.50. The van der Waals surface area contributed by atoms with Crippen LogP contribution in [0.5, 0.6) is 0 Å². The highest BCUT2D eigenvalue weighted by atomic mass is 35.5. The number of benzene rings is 1. The zero-order chi connectivity index (χ0) is 26.4. The Kier molecular flexibility index (Phi) is 6.68. The largest absolute Gasteiger partial charge is 0.394 e. The molecule has 1 aliphatic heterocycles. The standard InChI is InChI=1S/C22H19ClF3N7O4/c1-9-28-22(33(30-9)12-4-11(23)5-27-6-12)21-20(36)18(19(35)16(8-34)37-21)32-7-15(29-31-32)10-2-13(24)17(26)14(25)3-10/h2-7,16,18-21,34-36H,8H2,1H3/t16-,18+,19+,20-,21-/m1/s1. The predicted octanol–water partition coefficient (Wildman–Crippen LogP) is 1.70. The Morgan fingerprint density at radius 3 is 2.49 bits per heavy atom. The molecule has 194 valence electrons. The van der Waals surface area contributed by atoms with Gasteiger partial charge in [-0.3, -0.25) is 4.98 Å². The number of ether oxygens (including phenoxy) is 1. The summed E-state index contributed by atoms with van der Waals surface area (Å²) < 4.78 is 49.1. The van der Waals surface area contributed by atoms with Gasteiger partial charge in [0.2, 0.25) is 0 Å². The van der Waals surface area contributed by atoms with Crippen molar-refractivity contribution in [3.63, 3.8) is 0 Å². The number of rotatable bonds is 5. The fourth-order valence-electron chi connectivity index (χ4n) is 4.21. The van der Waals surface area contributed by atoms with Gasteiger partial charge in [-0.25, -0.2) is 27.5 Å². The molecular weight excluding hydrogens is 519 g/mol. The quantitative estimate of drug-likeness (QED) is 0.324. The van der Waals surface area contributed by atoms with Crippen LogP contribution in [0, 0.1) is 24.4 Å². The van der Waals surface area contributed by atoms with E-state index in [1.165, 1.54) is 23.3 Å². The summed E-state index contributed by atoms with van der Waals surface area (Å²) in [5, 5.41) is 44.4. The molecule has 3 N–H and O–H groups in total. The van der Waals surface area contributed by atoms with Crippen molar-refractivity contribution in [3.05, 3.63) is 70.9 Å². The smallest absolute Gasteiger partial charge is 0.194 e. The highest BCUT2D eigenvalue weighted by Crippen LogP contribution is 2.38. The van der Waals surface area contributed by atoms with Crippen molar-refractivity contribution in [2.45, 2.75) is 37.4 Å². The minimum atomic E-state index is -1.63. The van der Waals surface area contributed by atoms with E-state index in [2.05, 4.69) is 25.4 Å². The van der Waals surface area contributed by atoms with Crippen LogP contribution in [0.1, 0.15) is 23.8 Å². The Labute approximate surface area is 211 Å². The molecule has 1 fully saturated rings. The summed E-state index contributed by atoms with van der Waals surface area (Å²) in [5.74, 6) is -4.00. The Bertz CT molecular complexity index is 1430. The first-order chi connectivity index (χ1) is 17.7. The van der Waals surface area contributed by atoms with Crippen molar-refractivity contribution >= 4 is 11.6 Å². The minimum Gasteiger partial charge on any atom is -0.394 e. The van der Waals surface area contributed by atoms with E-state index in [-0.39, 0.29) is 17.1 Å². The van der Waals surface area contributed by atoms with E-state index in [0.717, 1.165) is 16.8 Å². The average molecular weight is 538 g/mol. The highest BCUT2D eigenvalue weighted by Gasteiger charge is 2.48. The van der Waals surface area contributed by atoms with Gasteiger partial charge >= 0.3 is 0 Å². The summed E-state index contributed by atoms with van der Waals surface area (Å²) in [6, 6.07) is 1.82. The molecular formula is C22H19ClF3N7O4. The van der Waals surface area contributed by atoms with Crippen LogP contribution in [0.2, 0.25) is 5.02 Å². The van der Waals surface area contributed by atoms with Gasteiger partial charge in [0, 0.05) is 11.8 Å². The predicted molar refractivity (Wildman–Crippen MR) is 120 cm³/mol. The number of aryl methyl sites for hydroxylation is 1. The molecule has 1 saturated heterocycles. The van der Waals surface area contributed by atoms with E-state index in [9.17, 15) is 28.5 Å². The third-order valence-electron chi connectivity index (χ3n) is 5.92. The molecule has 0 saturated carbocycles. The summed E-state index contributed by atoms with van der Waals surface area (Å²) >= 11 is 6.06. The third kappa shape index (κ3) is 4.57. The Hall–Kier alpha value is -3.43. The number of hydrogen-bond acceptors (Lipinski definition) is 9. The molecule has 1 aromatic carbocycles. The number of halogens is 4. The van der Waals surface area contributed by atoms with Crippen molar-refractivity contribution in [1.29, 1.82) is 0 Å². The van der Waals surface area contributed by atoms with E-state index in [0.29, 0.717) is 16.5 Å². The number of pyridine rings is 1. The van der Waals surface area contributed by atoms with Crippen molar-refractivity contribution in [2.75, 3.05) is 6.61 Å². The lowest BCUT2D eigenvalue weighted by Crippen LogP contribution is -2.53. The van der Waals surface area contributed by atoms with Crippen LogP contribution >= 0.6 is 11.6 Å². The summed E-state index contributed by atoms with van der Waals surface area (Å²) in [6.45, 7) is 0.996. The lowest BCUT2D eigenvalue weighted by molar-refractivity contribution is -0.210. The first-order valence-corrected chi connectivity index (χ1v) is 11.3. The highest BCUT2D eigenvalue weighted by molar-refractivity contribution is 6.30. The number of hydrogen-bond donors (Lipinski definition) is 3. The van der Waals surface area contributed by atoms with Crippen LogP contribution in [-0.2, 0) is 4.74 Å². The molecule has 4 aromatic rings. The van der Waals surface area contributed by atoms with Crippen LogP contribution in [-0.4, -0.2) is 75.0 Å². The van der Waals surface area contributed by atoms with Crippen molar-refractivity contribution < 1.29 is 33.2 Å². The topological polar surface area (TPSA) is 144 Å². The normalized spacial score (nSPS) is 23.9. The Morgan fingerprint density at radius 1 is 1.08 bits per heavy atom. The molecule has 3 aromatic heterocycles. The number of aliphatic hydroxyl groups is 3. The van der Waals surface area contributed by atoms with Gasteiger partial charge in [-0.15, -0.1) is 5.10 Å². The van der Waals surface area contributed by atoms with Crippen LogP contribution in [0.4, 0.5) is 13.2 Å². The molecule has 15 heteroatoms. The number of aliphatic hydroxyl groups excluding tert-OH is 3. The number of nitrogens with zero attached hydrogens (tertiary/aromatic N) is 7. The van der Waals surface area contributed by atoms with Gasteiger partial charge < -0.3 is 20.1 Å². The summed E-state index contributed by atoms with van der Waals surface area (Å²) in [6.07, 6.45) is -1.28. The molecule has 11 nitrogen and oxygen atoms in total. The third-order valence-corrected chi connectivity index (χ3v) is 6.12. The molecule has 37 heavy (non-hydrogen) atoms. The van der Waals surface area contributed by atoms with Crippen molar-refractivity contribution in [2.24, 2.45) is 0 Å². The van der Waals surface area contributed by atoms with Crippen molar-refractivity contribution in [1.82, 2.24) is 34.7 Å². The van der Waals surface area contributed by atoms with E-state index in [1.807, 2.05) is 0 Å².